The molecule has 4 aromatic rings. The Morgan fingerprint density at radius 1 is 0.630 bits per heavy atom. The zero-order chi connectivity index (χ0) is 38.4. The van der Waals surface area contributed by atoms with Gasteiger partial charge in [0.2, 0.25) is 5.79 Å². The van der Waals surface area contributed by atoms with Gasteiger partial charge in [-0.25, -0.2) is 0 Å². The number of amides is 1. The normalized spacial score (nSPS) is 16.6. The van der Waals surface area contributed by atoms with Gasteiger partial charge in [-0.05, 0) is 50.1 Å². The first-order valence-corrected chi connectivity index (χ1v) is 18.5. The van der Waals surface area contributed by atoms with Crippen molar-refractivity contribution in [1.29, 1.82) is 0 Å². The Hall–Kier alpha value is -4.42. The predicted octanol–water partition coefficient (Wildman–Crippen LogP) is 6.01. The molecule has 0 aromatic heterocycles. The van der Waals surface area contributed by atoms with Gasteiger partial charge in [-0.3, -0.25) is 9.59 Å². The molecule has 1 heterocycles. The molecule has 10 nitrogen and oxygen atoms in total. The molecule has 0 aliphatic carbocycles. The summed E-state index contributed by atoms with van der Waals surface area (Å²) in [6.07, 6.45) is -3.92. The molecule has 0 saturated carbocycles. The fourth-order valence-electron chi connectivity index (χ4n) is 5.99. The Morgan fingerprint density at radius 3 is 1.52 bits per heavy atom. The van der Waals surface area contributed by atoms with Gasteiger partial charge in [0.05, 0.1) is 31.8 Å². The molecule has 288 valence electrons. The van der Waals surface area contributed by atoms with Crippen LogP contribution in [0.4, 0.5) is 0 Å². The fraction of sp³-hybridized carbons (Fsp3) is 0.409. The maximum Gasteiger partial charge on any atom is 0.311 e. The molecule has 5 rings (SSSR count). The van der Waals surface area contributed by atoms with E-state index in [-0.39, 0.29) is 32.3 Å². The first-order chi connectivity index (χ1) is 26.0. The number of hydrogen-bond donors (Lipinski definition) is 1. The SMILES string of the molecule is CN1CCN(C(=O)[C@H](OCc2ccccc2)[C@@H](OCc2ccccc2)[C@H](OCc2ccccc2)C(O)(COC(=O)C(C)(C)C)OCc2ccccc2)CC1. The van der Waals surface area contributed by atoms with Crippen molar-refractivity contribution in [3.63, 3.8) is 0 Å². The lowest BCUT2D eigenvalue weighted by Crippen LogP contribution is -2.63. The summed E-state index contributed by atoms with van der Waals surface area (Å²) in [7, 11) is 2.02. The molecular weight excluding hydrogens is 684 g/mol. The highest BCUT2D eigenvalue weighted by Gasteiger charge is 2.52. The number of carbonyl (C=O) groups is 2. The van der Waals surface area contributed by atoms with Crippen molar-refractivity contribution in [2.24, 2.45) is 5.41 Å². The van der Waals surface area contributed by atoms with Gasteiger partial charge in [-0.15, -0.1) is 0 Å². The summed E-state index contributed by atoms with van der Waals surface area (Å²) < 4.78 is 32.3. The van der Waals surface area contributed by atoms with E-state index in [9.17, 15) is 14.7 Å². The number of carbonyl (C=O) groups excluding carboxylic acids is 2. The van der Waals surface area contributed by atoms with E-state index in [1.807, 2.05) is 128 Å². The van der Waals surface area contributed by atoms with Gasteiger partial charge < -0.3 is 38.6 Å². The molecule has 4 aromatic carbocycles. The standard InChI is InChI=1S/C44H54N2O8/c1-43(2,3)42(48)53-33-44(49,54-32-37-23-15-8-16-24-37)40(52-31-36-21-13-7-14-22-36)38(50-29-34-17-9-5-10-18-34)39(51-30-35-19-11-6-12-20-35)41(47)46-27-25-45(4)26-28-46/h5-24,38-40,49H,25-33H2,1-4H3/t38-,39-,40+,44?/m1/s1. The van der Waals surface area contributed by atoms with Crippen LogP contribution in [0, 0.1) is 5.41 Å². The van der Waals surface area contributed by atoms with E-state index in [0.717, 1.165) is 22.3 Å². The van der Waals surface area contributed by atoms with Crippen molar-refractivity contribution in [3.8, 4) is 0 Å². The maximum absolute atomic E-state index is 14.8. The minimum Gasteiger partial charge on any atom is -0.459 e. The lowest BCUT2D eigenvalue weighted by Gasteiger charge is -2.43. The minimum absolute atomic E-state index is 0.0228. The Bertz CT molecular complexity index is 1700. The first kappa shape index (κ1) is 40.8. The molecule has 1 unspecified atom stereocenters. The monoisotopic (exact) mass is 738 g/mol. The van der Waals surface area contributed by atoms with E-state index >= 15 is 0 Å². The van der Waals surface area contributed by atoms with Crippen LogP contribution >= 0.6 is 0 Å². The van der Waals surface area contributed by atoms with Crippen LogP contribution in [0.2, 0.25) is 0 Å². The average molecular weight is 739 g/mol. The summed E-state index contributed by atoms with van der Waals surface area (Å²) >= 11 is 0. The smallest absolute Gasteiger partial charge is 0.311 e. The van der Waals surface area contributed by atoms with Crippen molar-refractivity contribution in [2.75, 3.05) is 39.8 Å². The Balaban J connectivity index is 1.61. The van der Waals surface area contributed by atoms with E-state index in [2.05, 4.69) is 4.90 Å². The summed E-state index contributed by atoms with van der Waals surface area (Å²) in [6, 6.07) is 38.0. The summed E-state index contributed by atoms with van der Waals surface area (Å²) in [5.41, 5.74) is 2.40. The van der Waals surface area contributed by atoms with Crippen molar-refractivity contribution < 1.29 is 38.4 Å². The minimum atomic E-state index is -2.32. The largest absolute Gasteiger partial charge is 0.459 e. The second kappa shape index (κ2) is 19.8. The summed E-state index contributed by atoms with van der Waals surface area (Å²) in [6.45, 7) is 7.06. The number of rotatable bonds is 18. The zero-order valence-electron chi connectivity index (χ0n) is 31.8. The molecule has 1 aliphatic heterocycles. The summed E-state index contributed by atoms with van der Waals surface area (Å²) in [4.78, 5) is 32.0. The van der Waals surface area contributed by atoms with Gasteiger partial charge >= 0.3 is 5.97 Å². The van der Waals surface area contributed by atoms with E-state index in [1.165, 1.54) is 0 Å². The maximum atomic E-state index is 14.8. The number of likely N-dealkylation sites (N-methyl/N-ethyl adjacent to an activating group) is 1. The quantitative estimate of drug-likeness (QED) is 0.0971. The third-order valence-electron chi connectivity index (χ3n) is 9.28. The van der Waals surface area contributed by atoms with Gasteiger partial charge in [-0.2, -0.15) is 0 Å². The van der Waals surface area contributed by atoms with Crippen LogP contribution in [-0.2, 0) is 59.7 Å². The number of benzene rings is 4. The number of aliphatic hydroxyl groups is 1. The van der Waals surface area contributed by atoms with E-state index in [1.54, 1.807) is 25.7 Å². The average Bonchev–Trinajstić information content (AvgIpc) is 3.19. The molecule has 1 saturated heterocycles. The molecule has 54 heavy (non-hydrogen) atoms. The molecule has 4 atom stereocenters. The van der Waals surface area contributed by atoms with Crippen molar-refractivity contribution in [2.45, 2.75) is 71.3 Å². The first-order valence-electron chi connectivity index (χ1n) is 18.5. The Kier molecular flexibility index (Phi) is 14.9. The molecular formula is C44H54N2O8. The van der Waals surface area contributed by atoms with Crippen molar-refractivity contribution >= 4 is 11.9 Å². The van der Waals surface area contributed by atoms with Crippen LogP contribution in [-0.4, -0.2) is 90.7 Å². The van der Waals surface area contributed by atoms with Crippen LogP contribution in [0.25, 0.3) is 0 Å². The Morgan fingerprint density at radius 2 is 1.06 bits per heavy atom. The number of hydrogen-bond acceptors (Lipinski definition) is 9. The predicted molar refractivity (Wildman–Crippen MR) is 206 cm³/mol. The number of esters is 1. The molecule has 1 N–H and O–H groups in total. The second-order valence-corrected chi connectivity index (χ2v) is 14.8. The highest BCUT2D eigenvalue weighted by atomic mass is 16.7. The van der Waals surface area contributed by atoms with E-state index < -0.39 is 42.1 Å². The topological polar surface area (TPSA) is 107 Å². The zero-order valence-corrected chi connectivity index (χ0v) is 31.8. The fourth-order valence-corrected chi connectivity index (χ4v) is 5.99. The van der Waals surface area contributed by atoms with E-state index in [4.69, 9.17) is 23.7 Å². The third-order valence-corrected chi connectivity index (χ3v) is 9.28. The summed E-state index contributed by atoms with van der Waals surface area (Å²) in [5.74, 6) is -3.16. The van der Waals surface area contributed by atoms with Gasteiger partial charge in [0.15, 0.2) is 6.10 Å². The number of ether oxygens (including phenoxy) is 5. The van der Waals surface area contributed by atoms with Crippen LogP contribution in [0.5, 0.6) is 0 Å². The molecule has 0 radical (unpaired) electrons. The van der Waals surface area contributed by atoms with Gasteiger partial charge in [0.25, 0.3) is 5.91 Å². The van der Waals surface area contributed by atoms with Crippen LogP contribution in [0.15, 0.2) is 121 Å². The van der Waals surface area contributed by atoms with Gasteiger partial charge in [0.1, 0.15) is 18.8 Å². The Labute approximate surface area is 319 Å². The summed E-state index contributed by atoms with van der Waals surface area (Å²) in [5, 5.41) is 12.9. The molecule has 0 spiro atoms. The van der Waals surface area contributed by atoms with E-state index in [0.29, 0.717) is 26.2 Å². The van der Waals surface area contributed by atoms with Crippen LogP contribution in [0.1, 0.15) is 43.0 Å². The highest BCUT2D eigenvalue weighted by molar-refractivity contribution is 5.82. The lowest BCUT2D eigenvalue weighted by molar-refractivity contribution is -0.319. The van der Waals surface area contributed by atoms with Crippen molar-refractivity contribution in [1.82, 2.24) is 9.80 Å². The number of piperazine rings is 1. The second-order valence-electron chi connectivity index (χ2n) is 14.8. The highest BCUT2D eigenvalue weighted by Crippen LogP contribution is 2.31. The number of nitrogens with zero attached hydrogens (tertiary/aromatic N) is 2. The molecule has 10 heteroatoms. The third kappa shape index (κ3) is 12.0. The molecule has 1 aliphatic rings. The molecule has 1 amide bonds. The lowest BCUT2D eigenvalue weighted by atomic mass is 9.96. The van der Waals surface area contributed by atoms with Gasteiger partial charge in [0, 0.05) is 26.2 Å². The van der Waals surface area contributed by atoms with Gasteiger partial charge in [-0.1, -0.05) is 121 Å². The van der Waals surface area contributed by atoms with Crippen LogP contribution in [0.3, 0.4) is 0 Å². The molecule has 0 bridgehead atoms. The molecule has 1 fully saturated rings. The van der Waals surface area contributed by atoms with Crippen LogP contribution < -0.4 is 0 Å². The van der Waals surface area contributed by atoms with Crippen molar-refractivity contribution in [3.05, 3.63) is 144 Å².